The zero-order valence-corrected chi connectivity index (χ0v) is 11.3. The fourth-order valence-electron chi connectivity index (χ4n) is 1.97. The van der Waals surface area contributed by atoms with Gasteiger partial charge in [0.25, 0.3) is 5.91 Å². The molecule has 1 aromatic carbocycles. The molecular weight excluding hydrogens is 264 g/mol. The molecule has 0 N–H and O–H groups in total. The molecule has 1 heterocycles. The van der Waals surface area contributed by atoms with Crippen molar-refractivity contribution in [1.82, 2.24) is 9.78 Å². The number of halogens is 2. The highest BCUT2D eigenvalue weighted by atomic mass is 19.2. The molecule has 1 aromatic heterocycles. The van der Waals surface area contributed by atoms with Crippen LogP contribution < -0.4 is 4.90 Å². The van der Waals surface area contributed by atoms with Crippen molar-refractivity contribution in [3.63, 3.8) is 0 Å². The maximum Gasteiger partial charge on any atom is 0.251 e. The van der Waals surface area contributed by atoms with Gasteiger partial charge < -0.3 is 4.90 Å². The van der Waals surface area contributed by atoms with Crippen molar-refractivity contribution >= 4 is 11.6 Å². The van der Waals surface area contributed by atoms with Crippen molar-refractivity contribution in [3.05, 3.63) is 48.3 Å². The summed E-state index contributed by atoms with van der Waals surface area (Å²) in [5.74, 6) is -2.14. The third kappa shape index (κ3) is 2.68. The van der Waals surface area contributed by atoms with E-state index < -0.39 is 17.7 Å². The summed E-state index contributed by atoms with van der Waals surface area (Å²) in [4.78, 5) is 13.8. The highest BCUT2D eigenvalue weighted by Crippen LogP contribution is 2.21. The van der Waals surface area contributed by atoms with Crippen LogP contribution >= 0.6 is 0 Å². The molecule has 0 fully saturated rings. The number of carbonyl (C=O) groups excluding carboxylic acids is 1. The molecule has 0 spiro atoms. The van der Waals surface area contributed by atoms with Crippen molar-refractivity contribution < 1.29 is 13.6 Å². The van der Waals surface area contributed by atoms with E-state index in [1.165, 1.54) is 15.6 Å². The maximum absolute atomic E-state index is 13.3. The monoisotopic (exact) mass is 279 g/mol. The van der Waals surface area contributed by atoms with E-state index in [9.17, 15) is 13.6 Å². The zero-order chi connectivity index (χ0) is 14.7. The second-order valence-corrected chi connectivity index (χ2v) is 4.34. The number of nitrogens with zero attached hydrogens (tertiary/aromatic N) is 3. The first-order valence-electron chi connectivity index (χ1n) is 6.30. The van der Waals surface area contributed by atoms with Crippen LogP contribution in [0.25, 0.3) is 0 Å². The van der Waals surface area contributed by atoms with Crippen LogP contribution in [-0.4, -0.2) is 22.2 Å². The standard InChI is InChI=1S/C14H15F2N3O/c1-3-18(11-5-6-12(15)13(16)9-11)14(20)10(2)19-8-4-7-17-19/h4-10H,3H2,1-2H3. The molecule has 6 heteroatoms. The predicted molar refractivity (Wildman–Crippen MR) is 71.3 cm³/mol. The van der Waals surface area contributed by atoms with Crippen LogP contribution in [0.3, 0.4) is 0 Å². The molecular formula is C14H15F2N3O. The van der Waals surface area contributed by atoms with Crippen LogP contribution in [0.2, 0.25) is 0 Å². The highest BCUT2D eigenvalue weighted by Gasteiger charge is 2.23. The van der Waals surface area contributed by atoms with Gasteiger partial charge in [-0.1, -0.05) is 0 Å². The summed E-state index contributed by atoms with van der Waals surface area (Å²) in [6, 6.07) is 4.62. The molecule has 0 aliphatic carbocycles. The Hall–Kier alpha value is -2.24. The number of anilines is 1. The molecule has 0 radical (unpaired) electrons. The molecule has 20 heavy (non-hydrogen) atoms. The van der Waals surface area contributed by atoms with E-state index in [1.807, 2.05) is 0 Å². The minimum Gasteiger partial charge on any atom is -0.311 e. The van der Waals surface area contributed by atoms with Gasteiger partial charge in [-0.15, -0.1) is 0 Å². The fraction of sp³-hybridized carbons (Fsp3) is 0.286. The van der Waals surface area contributed by atoms with Crippen LogP contribution in [0.15, 0.2) is 36.7 Å². The van der Waals surface area contributed by atoms with E-state index in [0.717, 1.165) is 12.1 Å². The van der Waals surface area contributed by atoms with Gasteiger partial charge >= 0.3 is 0 Å². The second kappa shape index (κ2) is 5.81. The quantitative estimate of drug-likeness (QED) is 0.863. The van der Waals surface area contributed by atoms with Gasteiger partial charge in [-0.3, -0.25) is 9.48 Å². The summed E-state index contributed by atoms with van der Waals surface area (Å²) >= 11 is 0. The molecule has 2 aromatic rings. The summed E-state index contributed by atoms with van der Waals surface area (Å²) in [5, 5.41) is 4.01. The lowest BCUT2D eigenvalue weighted by Crippen LogP contribution is -2.36. The summed E-state index contributed by atoms with van der Waals surface area (Å²) in [5.41, 5.74) is 0.329. The number of hydrogen-bond acceptors (Lipinski definition) is 2. The number of hydrogen-bond donors (Lipinski definition) is 0. The largest absolute Gasteiger partial charge is 0.311 e. The number of carbonyl (C=O) groups is 1. The summed E-state index contributed by atoms with van der Waals surface area (Å²) in [7, 11) is 0. The molecule has 1 unspecified atom stereocenters. The van der Waals surface area contributed by atoms with Gasteiger partial charge in [0.2, 0.25) is 0 Å². The molecule has 1 amide bonds. The molecule has 0 bridgehead atoms. The van der Waals surface area contributed by atoms with Crippen molar-refractivity contribution in [2.24, 2.45) is 0 Å². The molecule has 106 valence electrons. The van der Waals surface area contributed by atoms with Gasteiger partial charge in [0.15, 0.2) is 11.6 Å². The van der Waals surface area contributed by atoms with Gasteiger partial charge in [0.1, 0.15) is 6.04 Å². The van der Waals surface area contributed by atoms with E-state index in [2.05, 4.69) is 5.10 Å². The van der Waals surface area contributed by atoms with Gasteiger partial charge in [0, 0.05) is 30.7 Å². The lowest BCUT2D eigenvalue weighted by molar-refractivity contribution is -0.121. The first kappa shape index (κ1) is 14.2. The topological polar surface area (TPSA) is 38.1 Å². The first-order valence-corrected chi connectivity index (χ1v) is 6.30. The van der Waals surface area contributed by atoms with Gasteiger partial charge in [-0.05, 0) is 32.0 Å². The Bertz CT molecular complexity index is 598. The average Bonchev–Trinajstić information content (AvgIpc) is 2.96. The molecule has 0 aliphatic rings. The summed E-state index contributed by atoms with van der Waals surface area (Å²) < 4.78 is 27.8. The molecule has 2 rings (SSSR count). The van der Waals surface area contributed by atoms with Crippen LogP contribution in [0.1, 0.15) is 19.9 Å². The van der Waals surface area contributed by atoms with Crippen molar-refractivity contribution in [1.29, 1.82) is 0 Å². The molecule has 0 aliphatic heterocycles. The molecule has 4 nitrogen and oxygen atoms in total. The molecule has 0 saturated carbocycles. The van der Waals surface area contributed by atoms with Crippen LogP contribution in [0.5, 0.6) is 0 Å². The third-order valence-electron chi connectivity index (χ3n) is 3.08. The average molecular weight is 279 g/mol. The Morgan fingerprint density at radius 3 is 2.70 bits per heavy atom. The lowest BCUT2D eigenvalue weighted by Gasteiger charge is -2.24. The Kier molecular flexibility index (Phi) is 4.12. The number of amides is 1. The van der Waals surface area contributed by atoms with Crippen LogP contribution in [-0.2, 0) is 4.79 Å². The van der Waals surface area contributed by atoms with E-state index >= 15 is 0 Å². The maximum atomic E-state index is 13.3. The minimum atomic E-state index is -0.972. The van der Waals surface area contributed by atoms with Gasteiger partial charge in [-0.2, -0.15) is 5.10 Å². The van der Waals surface area contributed by atoms with Crippen LogP contribution in [0.4, 0.5) is 14.5 Å². The van der Waals surface area contributed by atoms with E-state index in [-0.39, 0.29) is 5.91 Å². The zero-order valence-electron chi connectivity index (χ0n) is 11.3. The third-order valence-corrected chi connectivity index (χ3v) is 3.08. The normalized spacial score (nSPS) is 12.2. The Morgan fingerprint density at radius 1 is 1.40 bits per heavy atom. The molecule has 0 saturated heterocycles. The number of rotatable bonds is 4. The second-order valence-electron chi connectivity index (χ2n) is 4.34. The minimum absolute atomic E-state index is 0.234. The Labute approximate surface area is 115 Å². The molecule has 1 atom stereocenters. The Morgan fingerprint density at radius 2 is 2.15 bits per heavy atom. The van der Waals surface area contributed by atoms with E-state index in [4.69, 9.17) is 0 Å². The van der Waals surface area contributed by atoms with E-state index in [0.29, 0.717) is 12.2 Å². The highest BCUT2D eigenvalue weighted by molar-refractivity contribution is 5.95. The van der Waals surface area contributed by atoms with Crippen molar-refractivity contribution in [3.8, 4) is 0 Å². The summed E-state index contributed by atoms with van der Waals surface area (Å²) in [6.07, 6.45) is 3.26. The SMILES string of the molecule is CCN(C(=O)C(C)n1cccn1)c1ccc(F)c(F)c1. The smallest absolute Gasteiger partial charge is 0.251 e. The van der Waals surface area contributed by atoms with Gasteiger partial charge in [-0.25, -0.2) is 8.78 Å². The Balaban J connectivity index is 2.27. The predicted octanol–water partition coefficient (Wildman–Crippen LogP) is 2.78. The fourth-order valence-corrected chi connectivity index (χ4v) is 1.97. The first-order chi connectivity index (χ1) is 9.54. The number of benzene rings is 1. The van der Waals surface area contributed by atoms with E-state index in [1.54, 1.807) is 32.3 Å². The summed E-state index contributed by atoms with van der Waals surface area (Å²) in [6.45, 7) is 3.84. The number of aromatic nitrogens is 2. The van der Waals surface area contributed by atoms with Crippen molar-refractivity contribution in [2.45, 2.75) is 19.9 Å². The van der Waals surface area contributed by atoms with Crippen molar-refractivity contribution in [2.75, 3.05) is 11.4 Å². The lowest BCUT2D eigenvalue weighted by atomic mass is 10.2. The van der Waals surface area contributed by atoms with Crippen LogP contribution in [0, 0.1) is 11.6 Å². The van der Waals surface area contributed by atoms with Gasteiger partial charge in [0.05, 0.1) is 0 Å². The number of likely N-dealkylation sites (N-methyl/N-ethyl adjacent to an activating group) is 1.